The van der Waals surface area contributed by atoms with E-state index < -0.39 is 0 Å². The first kappa shape index (κ1) is 20.3. The molecule has 0 aliphatic carbocycles. The zero-order valence-electron chi connectivity index (χ0n) is 16.7. The van der Waals surface area contributed by atoms with Gasteiger partial charge in [0.1, 0.15) is 0 Å². The van der Waals surface area contributed by atoms with Crippen LogP contribution in [0.5, 0.6) is 0 Å². The van der Waals surface area contributed by atoms with Gasteiger partial charge < -0.3 is 10.1 Å². The molecule has 3 rings (SSSR count). The number of anilines is 1. The minimum Gasteiger partial charge on any atom is -0.462 e. The Balaban J connectivity index is 1.80. The van der Waals surface area contributed by atoms with Crippen LogP contribution in [0.1, 0.15) is 51.2 Å². The standard InChI is InChI=1S/C25H25NO3/c1-3-29-25(28)21-13-15-22(16-14-21)26-23(19-11-9-18(2)10-12-19)17-24(27)20-7-5-4-6-8-20/h4-16,23,26H,3,17H2,1-2H3/t23-/m0/s1. The zero-order chi connectivity index (χ0) is 20.6. The van der Waals surface area contributed by atoms with Crippen molar-refractivity contribution < 1.29 is 14.3 Å². The van der Waals surface area contributed by atoms with Gasteiger partial charge in [-0.3, -0.25) is 4.79 Å². The first-order valence-electron chi connectivity index (χ1n) is 9.75. The van der Waals surface area contributed by atoms with Gasteiger partial charge in [0.25, 0.3) is 0 Å². The minimum absolute atomic E-state index is 0.0758. The second kappa shape index (κ2) is 9.69. The number of hydrogen-bond acceptors (Lipinski definition) is 4. The number of carbonyl (C=O) groups is 2. The molecular weight excluding hydrogens is 362 g/mol. The summed E-state index contributed by atoms with van der Waals surface area (Å²) < 4.78 is 5.03. The Hall–Kier alpha value is -3.40. The van der Waals surface area contributed by atoms with Crippen molar-refractivity contribution in [2.45, 2.75) is 26.3 Å². The molecule has 0 saturated heterocycles. The molecule has 0 spiro atoms. The van der Waals surface area contributed by atoms with Crippen LogP contribution in [0.4, 0.5) is 5.69 Å². The zero-order valence-corrected chi connectivity index (χ0v) is 16.7. The van der Waals surface area contributed by atoms with Crippen LogP contribution in [0, 0.1) is 6.92 Å². The molecule has 0 aliphatic rings. The molecule has 0 aliphatic heterocycles. The third-order valence-corrected chi connectivity index (χ3v) is 4.70. The van der Waals surface area contributed by atoms with Gasteiger partial charge in [0.05, 0.1) is 18.2 Å². The lowest BCUT2D eigenvalue weighted by Crippen LogP contribution is -2.16. The fraction of sp³-hybridized carbons (Fsp3) is 0.200. The van der Waals surface area contributed by atoms with Crippen LogP contribution < -0.4 is 5.32 Å². The normalized spacial score (nSPS) is 11.5. The molecule has 29 heavy (non-hydrogen) atoms. The minimum atomic E-state index is -0.339. The van der Waals surface area contributed by atoms with Crippen molar-refractivity contribution >= 4 is 17.4 Å². The van der Waals surface area contributed by atoms with Gasteiger partial charge in [0.15, 0.2) is 5.78 Å². The molecule has 3 aromatic carbocycles. The first-order chi connectivity index (χ1) is 14.1. The average Bonchev–Trinajstić information content (AvgIpc) is 2.75. The van der Waals surface area contributed by atoms with Gasteiger partial charge in [-0.15, -0.1) is 0 Å². The van der Waals surface area contributed by atoms with E-state index in [1.54, 1.807) is 19.1 Å². The van der Waals surface area contributed by atoms with Crippen molar-refractivity contribution in [3.8, 4) is 0 Å². The lowest BCUT2D eigenvalue weighted by molar-refractivity contribution is 0.0526. The highest BCUT2D eigenvalue weighted by Gasteiger charge is 2.17. The number of rotatable bonds is 8. The fourth-order valence-corrected chi connectivity index (χ4v) is 3.10. The number of carbonyl (C=O) groups excluding carboxylic acids is 2. The molecule has 0 fully saturated rings. The van der Waals surface area contributed by atoms with Gasteiger partial charge in [-0.2, -0.15) is 0 Å². The van der Waals surface area contributed by atoms with E-state index in [0.29, 0.717) is 24.2 Å². The second-order valence-corrected chi connectivity index (χ2v) is 6.90. The topological polar surface area (TPSA) is 55.4 Å². The number of benzene rings is 3. The van der Waals surface area contributed by atoms with Gasteiger partial charge >= 0.3 is 5.97 Å². The first-order valence-corrected chi connectivity index (χ1v) is 9.75. The highest BCUT2D eigenvalue weighted by atomic mass is 16.5. The summed E-state index contributed by atoms with van der Waals surface area (Å²) in [7, 11) is 0. The summed E-state index contributed by atoms with van der Waals surface area (Å²) in [6.45, 7) is 4.16. The van der Waals surface area contributed by atoms with Crippen molar-refractivity contribution in [2.75, 3.05) is 11.9 Å². The predicted octanol–water partition coefficient (Wildman–Crippen LogP) is 5.60. The van der Waals surface area contributed by atoms with Crippen molar-refractivity contribution in [1.29, 1.82) is 0 Å². The van der Waals surface area contributed by atoms with Crippen LogP contribution in [-0.2, 0) is 4.74 Å². The van der Waals surface area contributed by atoms with Crippen molar-refractivity contribution in [1.82, 2.24) is 0 Å². The average molecular weight is 387 g/mol. The van der Waals surface area contributed by atoms with E-state index in [2.05, 4.69) is 5.32 Å². The number of Topliss-reactive ketones (excluding diaryl/α,β-unsaturated/α-hetero) is 1. The van der Waals surface area contributed by atoms with Gasteiger partial charge in [0, 0.05) is 17.7 Å². The third kappa shape index (κ3) is 5.55. The fourth-order valence-electron chi connectivity index (χ4n) is 3.10. The Morgan fingerprint density at radius 2 is 1.52 bits per heavy atom. The molecule has 0 unspecified atom stereocenters. The summed E-state index contributed by atoms with van der Waals surface area (Å²) in [6, 6.07) is 24.4. The Morgan fingerprint density at radius 1 is 0.862 bits per heavy atom. The van der Waals surface area contributed by atoms with E-state index in [1.807, 2.05) is 73.7 Å². The number of ketones is 1. The van der Waals surface area contributed by atoms with Gasteiger partial charge in [-0.1, -0.05) is 60.2 Å². The molecule has 0 aromatic heterocycles. The molecule has 3 aromatic rings. The van der Waals surface area contributed by atoms with E-state index in [0.717, 1.165) is 11.3 Å². The van der Waals surface area contributed by atoms with Gasteiger partial charge in [0.2, 0.25) is 0 Å². The lowest BCUT2D eigenvalue weighted by Gasteiger charge is -2.20. The molecule has 1 atom stereocenters. The number of ether oxygens (including phenoxy) is 1. The summed E-state index contributed by atoms with van der Waals surface area (Å²) in [5.74, 6) is -0.264. The molecule has 148 valence electrons. The SMILES string of the molecule is CCOC(=O)c1ccc(N[C@@H](CC(=O)c2ccccc2)c2ccc(C)cc2)cc1. The monoisotopic (exact) mass is 387 g/mol. The highest BCUT2D eigenvalue weighted by molar-refractivity contribution is 5.96. The Morgan fingerprint density at radius 3 is 2.14 bits per heavy atom. The maximum atomic E-state index is 12.8. The summed E-state index contributed by atoms with van der Waals surface area (Å²) >= 11 is 0. The maximum Gasteiger partial charge on any atom is 0.338 e. The van der Waals surface area contributed by atoms with E-state index in [1.165, 1.54) is 5.56 Å². The molecule has 1 N–H and O–H groups in total. The van der Waals surface area contributed by atoms with Gasteiger partial charge in [-0.05, 0) is 43.7 Å². The summed E-state index contributed by atoms with van der Waals surface area (Å²) in [4.78, 5) is 24.6. The number of nitrogens with one attached hydrogen (secondary N) is 1. The van der Waals surface area contributed by atoms with Crippen LogP contribution in [0.3, 0.4) is 0 Å². The number of esters is 1. The van der Waals surface area contributed by atoms with E-state index in [-0.39, 0.29) is 17.8 Å². The number of hydrogen-bond donors (Lipinski definition) is 1. The van der Waals surface area contributed by atoms with Crippen LogP contribution in [0.2, 0.25) is 0 Å². The maximum absolute atomic E-state index is 12.8. The molecule has 0 bridgehead atoms. The van der Waals surface area contributed by atoms with Crippen molar-refractivity contribution in [3.63, 3.8) is 0 Å². The Kier molecular flexibility index (Phi) is 6.80. The Labute approximate surface area is 171 Å². The van der Waals surface area contributed by atoms with Crippen LogP contribution in [0.15, 0.2) is 78.9 Å². The molecule has 0 amide bonds. The molecule has 4 nitrogen and oxygen atoms in total. The number of aryl methyl sites for hydroxylation is 1. The van der Waals surface area contributed by atoms with Crippen LogP contribution in [0.25, 0.3) is 0 Å². The van der Waals surface area contributed by atoms with Gasteiger partial charge in [-0.25, -0.2) is 4.79 Å². The molecule has 0 radical (unpaired) electrons. The predicted molar refractivity (Wildman–Crippen MR) is 115 cm³/mol. The molecule has 0 heterocycles. The van der Waals surface area contributed by atoms with E-state index >= 15 is 0 Å². The van der Waals surface area contributed by atoms with Crippen LogP contribution >= 0.6 is 0 Å². The van der Waals surface area contributed by atoms with E-state index in [9.17, 15) is 9.59 Å². The molecule has 0 saturated carbocycles. The van der Waals surface area contributed by atoms with Crippen molar-refractivity contribution in [3.05, 3.63) is 101 Å². The summed E-state index contributed by atoms with van der Waals surface area (Å²) in [6.07, 6.45) is 0.326. The second-order valence-electron chi connectivity index (χ2n) is 6.90. The lowest BCUT2D eigenvalue weighted by atomic mass is 9.97. The smallest absolute Gasteiger partial charge is 0.338 e. The summed E-state index contributed by atoms with van der Waals surface area (Å²) in [5, 5.41) is 3.44. The molecular formula is C25H25NO3. The molecule has 4 heteroatoms. The largest absolute Gasteiger partial charge is 0.462 e. The summed E-state index contributed by atoms with van der Waals surface area (Å²) in [5.41, 5.74) is 4.24. The van der Waals surface area contributed by atoms with Crippen LogP contribution in [-0.4, -0.2) is 18.4 Å². The van der Waals surface area contributed by atoms with Crippen molar-refractivity contribution in [2.24, 2.45) is 0 Å². The quantitative estimate of drug-likeness (QED) is 0.404. The Bertz CT molecular complexity index is 948. The third-order valence-electron chi connectivity index (χ3n) is 4.70. The highest BCUT2D eigenvalue weighted by Crippen LogP contribution is 2.25. The van der Waals surface area contributed by atoms with E-state index in [4.69, 9.17) is 4.74 Å².